The van der Waals surface area contributed by atoms with Crippen molar-refractivity contribution in [2.24, 2.45) is 0 Å². The molecule has 0 bridgehead atoms. The second kappa shape index (κ2) is 5.74. The Morgan fingerprint density at radius 2 is 2.26 bits per heavy atom. The van der Waals surface area contributed by atoms with E-state index in [0.29, 0.717) is 24.8 Å². The van der Waals surface area contributed by atoms with Gasteiger partial charge in [0, 0.05) is 31.0 Å². The number of aromatic nitrogens is 2. The standard InChI is InChI=1S/C13H18ClN3O2/c1-8(2)13-16-10(14)7-12(19)17(13)6-5-11(18)15-9-3-4-9/h7-9H,3-6H2,1-2H3,(H,15,18). The fourth-order valence-corrected chi connectivity index (χ4v) is 2.08. The second-order valence-corrected chi connectivity index (χ2v) is 5.56. The van der Waals surface area contributed by atoms with Crippen molar-refractivity contribution in [3.05, 3.63) is 27.4 Å². The lowest BCUT2D eigenvalue weighted by molar-refractivity contribution is -0.121. The van der Waals surface area contributed by atoms with Gasteiger partial charge in [-0.25, -0.2) is 4.98 Å². The van der Waals surface area contributed by atoms with Gasteiger partial charge in [-0.15, -0.1) is 0 Å². The number of carbonyl (C=O) groups is 1. The molecular weight excluding hydrogens is 266 g/mol. The van der Waals surface area contributed by atoms with Gasteiger partial charge in [-0.3, -0.25) is 14.2 Å². The van der Waals surface area contributed by atoms with Gasteiger partial charge in [0.15, 0.2) is 0 Å². The fraction of sp³-hybridized carbons (Fsp3) is 0.615. The topological polar surface area (TPSA) is 64.0 Å². The quantitative estimate of drug-likeness (QED) is 0.837. The SMILES string of the molecule is CC(C)c1nc(Cl)cc(=O)n1CCC(=O)NC1CC1. The zero-order valence-electron chi connectivity index (χ0n) is 11.1. The van der Waals surface area contributed by atoms with Crippen LogP contribution in [-0.2, 0) is 11.3 Å². The third kappa shape index (κ3) is 3.80. The summed E-state index contributed by atoms with van der Waals surface area (Å²) >= 11 is 5.80. The molecule has 1 heterocycles. The summed E-state index contributed by atoms with van der Waals surface area (Å²) in [5.41, 5.74) is -0.206. The van der Waals surface area contributed by atoms with Gasteiger partial charge in [0.1, 0.15) is 11.0 Å². The molecular formula is C13H18ClN3O2. The maximum Gasteiger partial charge on any atom is 0.255 e. The van der Waals surface area contributed by atoms with Gasteiger partial charge in [-0.2, -0.15) is 0 Å². The zero-order chi connectivity index (χ0) is 14.0. The van der Waals surface area contributed by atoms with E-state index in [9.17, 15) is 9.59 Å². The predicted molar refractivity (Wildman–Crippen MR) is 73.4 cm³/mol. The van der Waals surface area contributed by atoms with E-state index in [2.05, 4.69) is 10.3 Å². The van der Waals surface area contributed by atoms with Gasteiger partial charge in [0.05, 0.1) is 0 Å². The lowest BCUT2D eigenvalue weighted by Gasteiger charge is -2.14. The summed E-state index contributed by atoms with van der Waals surface area (Å²) in [7, 11) is 0. The number of amides is 1. The van der Waals surface area contributed by atoms with E-state index in [4.69, 9.17) is 11.6 Å². The van der Waals surface area contributed by atoms with Crippen LogP contribution in [-0.4, -0.2) is 21.5 Å². The highest BCUT2D eigenvalue weighted by Crippen LogP contribution is 2.18. The predicted octanol–water partition coefficient (Wildman–Crippen LogP) is 1.69. The maximum absolute atomic E-state index is 11.9. The third-order valence-electron chi connectivity index (χ3n) is 3.03. The largest absolute Gasteiger partial charge is 0.353 e. The van der Waals surface area contributed by atoms with Crippen molar-refractivity contribution in [3.8, 4) is 0 Å². The Morgan fingerprint density at radius 3 is 2.84 bits per heavy atom. The van der Waals surface area contributed by atoms with E-state index >= 15 is 0 Å². The van der Waals surface area contributed by atoms with E-state index in [1.54, 1.807) is 0 Å². The second-order valence-electron chi connectivity index (χ2n) is 5.17. The van der Waals surface area contributed by atoms with Crippen LogP contribution in [0.15, 0.2) is 10.9 Å². The van der Waals surface area contributed by atoms with Crippen molar-refractivity contribution < 1.29 is 4.79 Å². The molecule has 1 aromatic rings. The molecule has 1 aliphatic rings. The summed E-state index contributed by atoms with van der Waals surface area (Å²) in [6.07, 6.45) is 2.41. The van der Waals surface area contributed by atoms with Crippen LogP contribution >= 0.6 is 11.6 Å². The minimum absolute atomic E-state index is 0.0148. The summed E-state index contributed by atoms with van der Waals surface area (Å²) in [6.45, 7) is 4.23. The molecule has 0 aliphatic heterocycles. The molecule has 2 rings (SSSR count). The Bertz CT molecular complexity index is 535. The van der Waals surface area contributed by atoms with Gasteiger partial charge < -0.3 is 5.32 Å². The first-order valence-electron chi connectivity index (χ1n) is 6.54. The Labute approximate surface area is 117 Å². The summed E-state index contributed by atoms with van der Waals surface area (Å²) in [4.78, 5) is 27.8. The highest BCUT2D eigenvalue weighted by Gasteiger charge is 2.23. The first kappa shape index (κ1) is 14.1. The molecule has 1 fully saturated rings. The zero-order valence-corrected chi connectivity index (χ0v) is 11.9. The number of carbonyl (C=O) groups excluding carboxylic acids is 1. The average Bonchev–Trinajstić information content (AvgIpc) is 3.10. The first-order valence-corrected chi connectivity index (χ1v) is 6.92. The Kier molecular flexibility index (Phi) is 4.24. The van der Waals surface area contributed by atoms with Crippen LogP contribution in [0, 0.1) is 0 Å². The summed E-state index contributed by atoms with van der Waals surface area (Å²) in [6, 6.07) is 1.63. The number of halogens is 1. The Balaban J connectivity index is 2.09. The van der Waals surface area contributed by atoms with Crippen LogP contribution in [0.4, 0.5) is 0 Å². The van der Waals surface area contributed by atoms with Gasteiger partial charge in [0.2, 0.25) is 5.91 Å². The van der Waals surface area contributed by atoms with Crippen molar-refractivity contribution in [3.63, 3.8) is 0 Å². The summed E-state index contributed by atoms with van der Waals surface area (Å²) < 4.78 is 1.53. The molecule has 0 saturated heterocycles. The average molecular weight is 284 g/mol. The molecule has 6 heteroatoms. The van der Waals surface area contributed by atoms with Crippen LogP contribution < -0.4 is 10.9 Å². The van der Waals surface area contributed by atoms with E-state index in [1.807, 2.05) is 13.8 Å². The fourth-order valence-electron chi connectivity index (χ4n) is 1.90. The highest BCUT2D eigenvalue weighted by atomic mass is 35.5. The van der Waals surface area contributed by atoms with Crippen molar-refractivity contribution in [1.82, 2.24) is 14.9 Å². The molecule has 5 nitrogen and oxygen atoms in total. The Morgan fingerprint density at radius 1 is 1.58 bits per heavy atom. The van der Waals surface area contributed by atoms with Gasteiger partial charge in [-0.1, -0.05) is 25.4 Å². The molecule has 0 radical (unpaired) electrons. The number of hydrogen-bond donors (Lipinski definition) is 1. The lowest BCUT2D eigenvalue weighted by Crippen LogP contribution is -2.30. The molecule has 0 atom stereocenters. The van der Waals surface area contributed by atoms with Gasteiger partial charge >= 0.3 is 0 Å². The maximum atomic E-state index is 11.9. The molecule has 0 unspecified atom stereocenters. The van der Waals surface area contributed by atoms with Crippen LogP contribution in [0.1, 0.15) is 44.9 Å². The molecule has 104 valence electrons. The molecule has 1 amide bonds. The van der Waals surface area contributed by atoms with Crippen molar-refractivity contribution in [2.45, 2.75) is 51.6 Å². The van der Waals surface area contributed by atoms with Crippen LogP contribution in [0.3, 0.4) is 0 Å². The first-order chi connectivity index (χ1) is 8.97. The Hall–Kier alpha value is -1.36. The minimum Gasteiger partial charge on any atom is -0.353 e. The molecule has 19 heavy (non-hydrogen) atoms. The number of hydrogen-bond acceptors (Lipinski definition) is 3. The minimum atomic E-state index is -0.206. The number of nitrogens with zero attached hydrogens (tertiary/aromatic N) is 2. The van der Waals surface area contributed by atoms with E-state index in [1.165, 1.54) is 10.6 Å². The molecule has 0 spiro atoms. The molecule has 1 aromatic heterocycles. The summed E-state index contributed by atoms with van der Waals surface area (Å²) in [5, 5.41) is 3.10. The lowest BCUT2D eigenvalue weighted by atomic mass is 10.2. The molecule has 1 N–H and O–H groups in total. The highest BCUT2D eigenvalue weighted by molar-refractivity contribution is 6.29. The van der Waals surface area contributed by atoms with Crippen LogP contribution in [0.25, 0.3) is 0 Å². The van der Waals surface area contributed by atoms with Gasteiger partial charge in [0.25, 0.3) is 5.56 Å². The number of rotatable bonds is 5. The van der Waals surface area contributed by atoms with Crippen LogP contribution in [0.5, 0.6) is 0 Å². The van der Waals surface area contributed by atoms with Crippen molar-refractivity contribution >= 4 is 17.5 Å². The third-order valence-corrected chi connectivity index (χ3v) is 3.22. The number of nitrogens with one attached hydrogen (secondary N) is 1. The van der Waals surface area contributed by atoms with Crippen molar-refractivity contribution in [1.29, 1.82) is 0 Å². The van der Waals surface area contributed by atoms with E-state index in [-0.39, 0.29) is 22.5 Å². The van der Waals surface area contributed by atoms with E-state index in [0.717, 1.165) is 12.8 Å². The van der Waals surface area contributed by atoms with E-state index < -0.39 is 0 Å². The van der Waals surface area contributed by atoms with Crippen LogP contribution in [0.2, 0.25) is 5.15 Å². The molecule has 0 aromatic carbocycles. The normalized spacial score (nSPS) is 14.7. The smallest absolute Gasteiger partial charge is 0.255 e. The monoisotopic (exact) mass is 283 g/mol. The van der Waals surface area contributed by atoms with Crippen molar-refractivity contribution in [2.75, 3.05) is 0 Å². The van der Waals surface area contributed by atoms with Gasteiger partial charge in [-0.05, 0) is 12.8 Å². The molecule has 1 saturated carbocycles. The summed E-state index contributed by atoms with van der Waals surface area (Å²) in [5.74, 6) is 0.689. The molecule has 1 aliphatic carbocycles.